The highest BCUT2D eigenvalue weighted by Crippen LogP contribution is 2.37. The molecule has 1 heterocycles. The number of pyridine rings is 1. The number of benzene rings is 2. The number of carbonyl (C=O) groups excluding carboxylic acids is 1. The van der Waals surface area contributed by atoms with Gasteiger partial charge in [0, 0.05) is 44.1 Å². The van der Waals surface area contributed by atoms with Gasteiger partial charge in [-0.15, -0.1) is 0 Å². The number of rotatable bonds is 8. The molecule has 1 aliphatic rings. The van der Waals surface area contributed by atoms with Crippen LogP contribution >= 0.6 is 12.2 Å². The first-order valence-corrected chi connectivity index (χ1v) is 14.1. The Labute approximate surface area is 245 Å². The molecule has 42 heavy (non-hydrogen) atoms. The Morgan fingerprint density at radius 3 is 2.17 bits per heavy atom. The first-order valence-electron chi connectivity index (χ1n) is 13.7. The van der Waals surface area contributed by atoms with Crippen molar-refractivity contribution in [1.29, 1.82) is 0 Å². The standard InChI is InChI=1S/C30H32F6N4OS/c1-3-39(16-20-8-4-5-9-20)27-23(14-22-10-6-7-11-26(22)38-27)18-40(28(42)37-19(2)41)17-21-12-24(29(31,32)33)15-25(13-21)30(34,35)36/h6-7,10-15,20H,3-5,8-9,16-18H2,1-2H3,(H,37,41,42). The minimum absolute atomic E-state index is 0.00888. The van der Waals surface area contributed by atoms with Crippen LogP contribution in [0.1, 0.15) is 61.8 Å². The highest BCUT2D eigenvalue weighted by Gasteiger charge is 2.37. The van der Waals surface area contributed by atoms with E-state index in [2.05, 4.69) is 10.2 Å². The second-order valence-electron chi connectivity index (χ2n) is 10.6. The van der Waals surface area contributed by atoms with Gasteiger partial charge in [0.05, 0.1) is 16.6 Å². The Morgan fingerprint density at radius 2 is 1.60 bits per heavy atom. The van der Waals surface area contributed by atoms with E-state index < -0.39 is 35.9 Å². The van der Waals surface area contributed by atoms with E-state index in [1.807, 2.05) is 37.3 Å². The molecule has 2 aromatic carbocycles. The zero-order valence-corrected chi connectivity index (χ0v) is 24.1. The molecule has 0 spiro atoms. The Balaban J connectivity index is 1.78. The first-order chi connectivity index (χ1) is 19.7. The maximum absolute atomic E-state index is 13.6. The van der Waals surface area contributed by atoms with Gasteiger partial charge in [-0.05, 0) is 73.8 Å². The van der Waals surface area contributed by atoms with Gasteiger partial charge in [-0.2, -0.15) is 26.3 Å². The predicted octanol–water partition coefficient (Wildman–Crippen LogP) is 7.71. The molecule has 0 saturated heterocycles. The van der Waals surface area contributed by atoms with Crippen molar-refractivity contribution < 1.29 is 31.1 Å². The molecule has 1 aromatic heterocycles. The van der Waals surface area contributed by atoms with Gasteiger partial charge in [0.25, 0.3) is 0 Å². The van der Waals surface area contributed by atoms with Crippen LogP contribution in [-0.4, -0.2) is 34.0 Å². The highest BCUT2D eigenvalue weighted by atomic mass is 32.1. The van der Waals surface area contributed by atoms with E-state index in [4.69, 9.17) is 17.2 Å². The summed E-state index contributed by atoms with van der Waals surface area (Å²) in [6.45, 7) is 4.23. The molecule has 0 unspecified atom stereocenters. The lowest BCUT2D eigenvalue weighted by Crippen LogP contribution is -2.41. The Morgan fingerprint density at radius 1 is 0.976 bits per heavy atom. The third kappa shape index (κ3) is 7.90. The van der Waals surface area contributed by atoms with Gasteiger partial charge in [0.1, 0.15) is 5.82 Å². The summed E-state index contributed by atoms with van der Waals surface area (Å²) in [6, 6.07) is 10.8. The van der Waals surface area contributed by atoms with Crippen molar-refractivity contribution in [3.05, 3.63) is 70.8 Å². The molecule has 1 amide bonds. The molecule has 0 radical (unpaired) electrons. The average molecular weight is 611 g/mol. The van der Waals surface area contributed by atoms with Crippen LogP contribution in [-0.2, 0) is 30.2 Å². The fourth-order valence-electron chi connectivity index (χ4n) is 5.38. The largest absolute Gasteiger partial charge is 0.416 e. The number of aromatic nitrogens is 1. The minimum Gasteiger partial charge on any atom is -0.356 e. The lowest BCUT2D eigenvalue weighted by atomic mass is 10.0. The summed E-state index contributed by atoms with van der Waals surface area (Å²) >= 11 is 5.43. The van der Waals surface area contributed by atoms with Crippen molar-refractivity contribution in [1.82, 2.24) is 15.2 Å². The van der Waals surface area contributed by atoms with Crippen molar-refractivity contribution in [3.8, 4) is 0 Å². The van der Waals surface area contributed by atoms with Crippen LogP contribution in [0.2, 0.25) is 0 Å². The molecule has 1 N–H and O–H groups in total. The van der Waals surface area contributed by atoms with Gasteiger partial charge in [0.15, 0.2) is 5.11 Å². The zero-order chi connectivity index (χ0) is 30.7. The number of hydrogen-bond acceptors (Lipinski definition) is 4. The summed E-state index contributed by atoms with van der Waals surface area (Å²) in [5, 5.41) is 3.17. The van der Waals surface area contributed by atoms with E-state index in [0.717, 1.165) is 43.1 Å². The number of nitrogens with one attached hydrogen (secondary N) is 1. The van der Waals surface area contributed by atoms with Crippen molar-refractivity contribution in [2.45, 2.75) is 65.0 Å². The Kier molecular flexibility index (Phi) is 9.64. The number of alkyl halides is 6. The Bertz CT molecular complexity index is 1400. The summed E-state index contributed by atoms with van der Waals surface area (Å²) in [5.74, 6) is 0.644. The summed E-state index contributed by atoms with van der Waals surface area (Å²) in [5.41, 5.74) is -1.65. The third-order valence-corrected chi connectivity index (χ3v) is 7.73. The monoisotopic (exact) mass is 610 g/mol. The van der Waals surface area contributed by atoms with Crippen LogP contribution in [0.15, 0.2) is 48.5 Å². The second-order valence-corrected chi connectivity index (χ2v) is 11.0. The number of amides is 1. The highest BCUT2D eigenvalue weighted by molar-refractivity contribution is 7.80. The van der Waals surface area contributed by atoms with E-state index in [9.17, 15) is 31.1 Å². The molecule has 0 aliphatic heterocycles. The van der Waals surface area contributed by atoms with Gasteiger partial charge in [0.2, 0.25) is 5.91 Å². The summed E-state index contributed by atoms with van der Waals surface area (Å²) < 4.78 is 81.4. The number of para-hydroxylation sites is 1. The number of fused-ring (bicyclic) bond motifs is 1. The van der Waals surface area contributed by atoms with Crippen molar-refractivity contribution in [3.63, 3.8) is 0 Å². The van der Waals surface area contributed by atoms with Gasteiger partial charge >= 0.3 is 12.4 Å². The third-order valence-electron chi connectivity index (χ3n) is 7.37. The SMILES string of the molecule is CCN(CC1CCCC1)c1nc2ccccc2cc1CN(Cc1cc(C(F)(F)F)cc(C(F)(F)F)c1)C(=S)NC(C)=O. The smallest absolute Gasteiger partial charge is 0.356 e. The fraction of sp³-hybridized carbons (Fsp3) is 0.433. The number of halogens is 6. The molecular weight excluding hydrogens is 578 g/mol. The summed E-state index contributed by atoms with van der Waals surface area (Å²) in [4.78, 5) is 20.4. The molecular formula is C30H32F6N4OS. The van der Waals surface area contributed by atoms with Crippen molar-refractivity contribution in [2.75, 3.05) is 18.0 Å². The topological polar surface area (TPSA) is 48.5 Å². The predicted molar refractivity (Wildman–Crippen MR) is 154 cm³/mol. The van der Waals surface area contributed by atoms with Crippen LogP contribution in [0.4, 0.5) is 32.2 Å². The van der Waals surface area contributed by atoms with Crippen molar-refractivity contribution >= 4 is 40.0 Å². The maximum atomic E-state index is 13.6. The molecule has 0 bridgehead atoms. The van der Waals surface area contributed by atoms with E-state index in [0.29, 0.717) is 36.0 Å². The number of thiocarbonyl (C=S) groups is 1. The van der Waals surface area contributed by atoms with Gasteiger partial charge in [-0.3, -0.25) is 4.79 Å². The molecule has 12 heteroatoms. The van der Waals surface area contributed by atoms with E-state index in [1.54, 1.807) is 0 Å². The molecule has 3 aromatic rings. The van der Waals surface area contributed by atoms with Gasteiger partial charge < -0.3 is 15.1 Å². The van der Waals surface area contributed by atoms with Crippen molar-refractivity contribution in [2.24, 2.45) is 5.92 Å². The molecule has 4 rings (SSSR count). The quantitative estimate of drug-likeness (QED) is 0.209. The minimum atomic E-state index is -4.99. The molecule has 5 nitrogen and oxygen atoms in total. The molecule has 226 valence electrons. The van der Waals surface area contributed by atoms with Crippen LogP contribution < -0.4 is 10.2 Å². The number of nitrogens with zero attached hydrogens (tertiary/aromatic N) is 3. The molecule has 1 aliphatic carbocycles. The maximum Gasteiger partial charge on any atom is 0.416 e. The fourth-order valence-corrected chi connectivity index (χ4v) is 5.65. The molecule has 1 saturated carbocycles. The number of hydrogen-bond donors (Lipinski definition) is 1. The lowest BCUT2D eigenvalue weighted by molar-refractivity contribution is -0.143. The van der Waals surface area contributed by atoms with Gasteiger partial charge in [-0.1, -0.05) is 31.0 Å². The summed E-state index contributed by atoms with van der Waals surface area (Å²) in [7, 11) is 0. The Hall–Kier alpha value is -3.41. The first kappa shape index (κ1) is 31.5. The normalized spacial score (nSPS) is 14.3. The molecule has 0 atom stereocenters. The van der Waals surface area contributed by atoms with E-state index in [-0.39, 0.29) is 23.3 Å². The summed E-state index contributed by atoms with van der Waals surface area (Å²) in [6.07, 6.45) is -5.44. The number of carbonyl (C=O) groups is 1. The van der Waals surface area contributed by atoms with E-state index >= 15 is 0 Å². The average Bonchev–Trinajstić information content (AvgIpc) is 3.43. The number of anilines is 1. The van der Waals surface area contributed by atoms with E-state index in [1.165, 1.54) is 11.8 Å². The lowest BCUT2D eigenvalue weighted by Gasteiger charge is -2.31. The van der Waals surface area contributed by atoms with Gasteiger partial charge in [-0.25, -0.2) is 4.98 Å². The van der Waals surface area contributed by atoms with Crippen LogP contribution in [0.25, 0.3) is 10.9 Å². The van der Waals surface area contributed by atoms with Crippen LogP contribution in [0, 0.1) is 5.92 Å². The molecule has 1 fully saturated rings. The van der Waals surface area contributed by atoms with Crippen LogP contribution in [0.5, 0.6) is 0 Å². The second kappa shape index (κ2) is 12.8. The van der Waals surface area contributed by atoms with Crippen LogP contribution in [0.3, 0.4) is 0 Å². The zero-order valence-electron chi connectivity index (χ0n) is 23.3.